The number of hydrogen-bond acceptors (Lipinski definition) is 0. The monoisotopic (exact) mass is 679 g/mol. The van der Waals surface area contributed by atoms with E-state index in [4.69, 9.17) is 0 Å². The molecule has 1 aliphatic rings. The molecule has 0 spiro atoms. The van der Waals surface area contributed by atoms with Crippen LogP contribution in [0.25, 0.3) is 16.9 Å². The SMILES string of the molecule is CCCCCCCCCCCCC=CC1=C(c2ccc(CCCC)cc2)[N+](=[N-])C(c2ccc(CCCCCCCC)cc2)=C1CCCCCC. The number of aryl methyl sites for hydroxylation is 2. The van der Waals surface area contributed by atoms with E-state index in [1.807, 2.05) is 0 Å². The van der Waals surface area contributed by atoms with Gasteiger partial charge in [-0.3, -0.25) is 0 Å². The van der Waals surface area contributed by atoms with Crippen LogP contribution >= 0.6 is 0 Å². The topological polar surface area (TPSA) is 25.3 Å². The molecule has 0 unspecified atom stereocenters. The Kier molecular flexibility index (Phi) is 21.8. The minimum Gasteiger partial charge on any atom is -0.493 e. The fourth-order valence-corrected chi connectivity index (χ4v) is 7.46. The maximum atomic E-state index is 12.1. The second-order valence-corrected chi connectivity index (χ2v) is 15.1. The van der Waals surface area contributed by atoms with Gasteiger partial charge in [0.15, 0.2) is 0 Å². The van der Waals surface area contributed by atoms with E-state index in [0.717, 1.165) is 54.6 Å². The van der Waals surface area contributed by atoms with Crippen LogP contribution in [-0.2, 0) is 12.8 Å². The molecule has 1 heterocycles. The van der Waals surface area contributed by atoms with Gasteiger partial charge in [-0.05, 0) is 86.8 Å². The first-order valence-corrected chi connectivity index (χ1v) is 21.5. The maximum Gasteiger partial charge on any atom is 0.215 e. The smallest absolute Gasteiger partial charge is 0.215 e. The van der Waals surface area contributed by atoms with Crippen LogP contribution in [0, 0.1) is 0 Å². The highest BCUT2D eigenvalue weighted by molar-refractivity contribution is 5.84. The number of hydrogen-bond donors (Lipinski definition) is 0. The fraction of sp³-hybridized carbons (Fsp3) is 0.625. The van der Waals surface area contributed by atoms with Gasteiger partial charge in [0.1, 0.15) is 0 Å². The molecule has 1 aliphatic heterocycles. The Morgan fingerprint density at radius 3 is 1.36 bits per heavy atom. The third kappa shape index (κ3) is 14.9. The lowest BCUT2D eigenvalue weighted by Crippen LogP contribution is -2.03. The highest BCUT2D eigenvalue weighted by Crippen LogP contribution is 2.43. The van der Waals surface area contributed by atoms with E-state index in [0.29, 0.717) is 0 Å². The summed E-state index contributed by atoms with van der Waals surface area (Å²) in [5, 5.41) is 0. The summed E-state index contributed by atoms with van der Waals surface area (Å²) in [5.74, 6) is 0. The molecule has 0 aliphatic carbocycles. The van der Waals surface area contributed by atoms with Crippen molar-refractivity contribution < 1.29 is 4.70 Å². The minimum atomic E-state index is 0.947. The Hall–Kier alpha value is -2.74. The lowest BCUT2D eigenvalue weighted by atomic mass is 9.93. The Morgan fingerprint density at radius 1 is 0.440 bits per heavy atom. The van der Waals surface area contributed by atoms with Gasteiger partial charge < -0.3 is 5.53 Å². The van der Waals surface area contributed by atoms with Crippen LogP contribution in [0.15, 0.2) is 71.8 Å². The minimum absolute atomic E-state index is 0.947. The summed E-state index contributed by atoms with van der Waals surface area (Å²) in [7, 11) is 0. The van der Waals surface area contributed by atoms with Crippen molar-refractivity contribution in [2.24, 2.45) is 0 Å². The molecule has 0 bridgehead atoms. The summed E-state index contributed by atoms with van der Waals surface area (Å²) >= 11 is 0. The first-order valence-electron chi connectivity index (χ1n) is 21.5. The van der Waals surface area contributed by atoms with E-state index in [-0.39, 0.29) is 0 Å². The van der Waals surface area contributed by atoms with Crippen molar-refractivity contribution in [3.05, 3.63) is 99.6 Å². The van der Waals surface area contributed by atoms with Crippen LogP contribution in [0.3, 0.4) is 0 Å². The second kappa shape index (κ2) is 26.1. The fourth-order valence-electron chi connectivity index (χ4n) is 7.46. The predicted octanol–water partition coefficient (Wildman–Crippen LogP) is 15.9. The number of nitrogens with zero attached hydrogens (tertiary/aromatic N) is 2. The van der Waals surface area contributed by atoms with Crippen LogP contribution in [0.1, 0.15) is 204 Å². The van der Waals surface area contributed by atoms with Gasteiger partial charge in [-0.1, -0.05) is 180 Å². The summed E-state index contributed by atoms with van der Waals surface area (Å²) < 4.78 is 1.54. The normalized spacial score (nSPS) is 13.5. The van der Waals surface area contributed by atoms with Gasteiger partial charge in [-0.2, -0.15) is 0 Å². The van der Waals surface area contributed by atoms with Crippen molar-refractivity contribution in [1.82, 2.24) is 0 Å². The summed E-state index contributed by atoms with van der Waals surface area (Å²) in [6.45, 7) is 9.12. The van der Waals surface area contributed by atoms with Gasteiger partial charge in [0.25, 0.3) is 0 Å². The van der Waals surface area contributed by atoms with Crippen molar-refractivity contribution in [2.75, 3.05) is 0 Å². The molecule has 0 aromatic heterocycles. The second-order valence-electron chi connectivity index (χ2n) is 15.1. The lowest BCUT2D eigenvalue weighted by Gasteiger charge is -2.11. The highest BCUT2D eigenvalue weighted by atomic mass is 15.2. The maximum absolute atomic E-state index is 12.1. The average Bonchev–Trinajstić information content (AvgIpc) is 3.41. The molecule has 0 fully saturated rings. The molecule has 0 saturated heterocycles. The predicted molar refractivity (Wildman–Crippen MR) is 220 cm³/mol. The van der Waals surface area contributed by atoms with Crippen molar-refractivity contribution in [1.29, 1.82) is 0 Å². The van der Waals surface area contributed by atoms with Gasteiger partial charge >= 0.3 is 0 Å². The molecule has 2 heteroatoms. The first-order chi connectivity index (χ1) is 24.6. The molecule has 2 nitrogen and oxygen atoms in total. The zero-order valence-electron chi connectivity index (χ0n) is 33.1. The zero-order chi connectivity index (χ0) is 35.7. The third-order valence-corrected chi connectivity index (χ3v) is 10.7. The van der Waals surface area contributed by atoms with E-state index in [1.54, 1.807) is 4.70 Å². The van der Waals surface area contributed by atoms with Crippen molar-refractivity contribution >= 4 is 11.4 Å². The molecule has 0 saturated carbocycles. The van der Waals surface area contributed by atoms with Crippen LogP contribution in [0.5, 0.6) is 0 Å². The molecule has 50 heavy (non-hydrogen) atoms. The molecule has 0 N–H and O–H groups in total. The van der Waals surface area contributed by atoms with Gasteiger partial charge in [0, 0.05) is 16.7 Å². The summed E-state index contributed by atoms with van der Waals surface area (Å²) in [5.41, 5.74) is 21.6. The summed E-state index contributed by atoms with van der Waals surface area (Å²) in [6, 6.07) is 18.1. The number of benzene rings is 2. The molecule has 2 aromatic carbocycles. The number of unbranched alkanes of at least 4 members (excludes halogenated alkanes) is 19. The van der Waals surface area contributed by atoms with E-state index in [9.17, 15) is 5.53 Å². The zero-order valence-corrected chi connectivity index (χ0v) is 33.1. The third-order valence-electron chi connectivity index (χ3n) is 10.7. The van der Waals surface area contributed by atoms with Gasteiger partial charge in [0.2, 0.25) is 11.4 Å². The molecular weight excluding hydrogens is 605 g/mol. The van der Waals surface area contributed by atoms with Crippen molar-refractivity contribution in [3.8, 4) is 0 Å². The Morgan fingerprint density at radius 2 is 0.840 bits per heavy atom. The van der Waals surface area contributed by atoms with Crippen molar-refractivity contribution in [2.45, 2.75) is 195 Å². The summed E-state index contributed by atoms with van der Waals surface area (Å²) in [4.78, 5) is 0. The first kappa shape index (κ1) is 41.7. The van der Waals surface area contributed by atoms with Gasteiger partial charge in [0.05, 0.1) is 5.57 Å². The molecule has 0 radical (unpaired) electrons. The quantitative estimate of drug-likeness (QED) is 0.0604. The number of allylic oxidation sites excluding steroid dienone is 4. The largest absolute Gasteiger partial charge is 0.493 e. The lowest BCUT2D eigenvalue weighted by molar-refractivity contribution is -0.345. The van der Waals surface area contributed by atoms with Gasteiger partial charge in [-0.25, -0.2) is 4.70 Å². The number of rotatable bonds is 29. The molecule has 3 rings (SSSR count). The molecule has 2 aromatic rings. The molecular formula is C48H74N2. The summed E-state index contributed by atoms with van der Waals surface area (Å²) in [6.07, 6.45) is 38.0. The molecule has 0 atom stereocenters. The van der Waals surface area contributed by atoms with E-state index < -0.39 is 0 Å². The Balaban J connectivity index is 1.80. The molecule has 0 amide bonds. The van der Waals surface area contributed by atoms with E-state index >= 15 is 0 Å². The highest BCUT2D eigenvalue weighted by Gasteiger charge is 2.34. The average molecular weight is 679 g/mol. The van der Waals surface area contributed by atoms with E-state index in [2.05, 4.69) is 88.4 Å². The Labute approximate surface area is 309 Å². The van der Waals surface area contributed by atoms with Crippen LogP contribution < -0.4 is 0 Å². The van der Waals surface area contributed by atoms with Crippen LogP contribution in [-0.4, -0.2) is 4.70 Å². The van der Waals surface area contributed by atoms with Crippen molar-refractivity contribution in [3.63, 3.8) is 0 Å². The van der Waals surface area contributed by atoms with Crippen LogP contribution in [0.4, 0.5) is 0 Å². The standard InChI is InChI=1S/C48H74N2/c1-5-9-13-16-18-19-20-21-22-23-25-28-32-46-45(31-27-15-11-7-3)47(44-39-35-42(36-40-44)30-26-24-17-14-10-6-2)50(49)48(46)43-37-33-41(34-38-43)29-12-8-4/h28,32-40H,5-27,29-31H2,1-4H3. The Bertz CT molecular complexity index is 1290. The van der Waals surface area contributed by atoms with Crippen LogP contribution in [0.2, 0.25) is 0 Å². The molecule has 276 valence electrons. The van der Waals surface area contributed by atoms with E-state index in [1.165, 1.54) is 157 Å². The van der Waals surface area contributed by atoms with Gasteiger partial charge in [-0.15, -0.1) is 0 Å².